The summed E-state index contributed by atoms with van der Waals surface area (Å²) in [5.41, 5.74) is 9.55. The van der Waals surface area contributed by atoms with Crippen molar-refractivity contribution in [2.24, 2.45) is 0 Å². The quantitative estimate of drug-likeness (QED) is 0.0429. The Balaban J connectivity index is 0.000000154. The van der Waals surface area contributed by atoms with Crippen LogP contribution in [0.25, 0.3) is 42.0 Å². The van der Waals surface area contributed by atoms with Crippen LogP contribution < -0.4 is 48.3 Å². The molecule has 3 amide bonds. The Kier molecular flexibility index (Phi) is 30.8. The van der Waals surface area contributed by atoms with Gasteiger partial charge in [-0.25, -0.2) is 17.5 Å². The van der Waals surface area contributed by atoms with E-state index >= 15 is 0 Å². The molecule has 31 heteroatoms. The Morgan fingerprint density at radius 3 is 1.21 bits per heavy atom. The second kappa shape index (κ2) is 42.6. The van der Waals surface area contributed by atoms with Gasteiger partial charge in [0, 0.05) is 159 Å². The summed E-state index contributed by atoms with van der Waals surface area (Å²) in [6.45, 7) is 41.2. The van der Waals surface area contributed by atoms with Gasteiger partial charge in [0.15, 0.2) is 0 Å². The average Bonchev–Trinajstić information content (AvgIpc) is 1.05. The maximum atomic E-state index is 14.6. The third kappa shape index (κ3) is 20.4. The number of fused-ring (bicyclic) bond motifs is 6. The number of rotatable bonds is 23. The van der Waals surface area contributed by atoms with Crippen molar-refractivity contribution in [1.29, 1.82) is 0 Å². The highest BCUT2D eigenvalue weighted by atomic mass is 32.1. The summed E-state index contributed by atoms with van der Waals surface area (Å²) in [5, 5.41) is 6.27. The minimum atomic E-state index is -0.255. The number of likely N-dealkylation sites (tertiary alicyclic amines) is 3. The zero-order valence-corrected chi connectivity index (χ0v) is 76.2. The number of carbonyl (C=O) groups is 3. The molecule has 0 saturated carbocycles. The van der Waals surface area contributed by atoms with Crippen molar-refractivity contribution in [3.8, 4) is 23.8 Å². The van der Waals surface area contributed by atoms with Crippen molar-refractivity contribution < 1.29 is 42.5 Å². The molecule has 9 aliphatic heterocycles. The maximum absolute atomic E-state index is 14.6. The van der Waals surface area contributed by atoms with E-state index in [1.807, 2.05) is 35.2 Å². The number of ether oxygens (including phenoxy) is 5. The average molecular weight is 1780 g/mol. The van der Waals surface area contributed by atoms with Gasteiger partial charge in [0.1, 0.15) is 60.9 Å². The van der Waals surface area contributed by atoms with Crippen molar-refractivity contribution in [2.45, 2.75) is 114 Å². The van der Waals surface area contributed by atoms with Crippen LogP contribution in [0.4, 0.5) is 38.9 Å². The van der Waals surface area contributed by atoms with Crippen LogP contribution >= 0.6 is 27.0 Å². The summed E-state index contributed by atoms with van der Waals surface area (Å²) in [7, 11) is 9.78. The molecule has 18 rings (SSSR count). The number of carbonyl (C=O) groups excluding carboxylic acids is 3. The molecule has 28 nitrogen and oxygen atoms in total. The highest BCUT2D eigenvalue weighted by Gasteiger charge is 2.40. The standard InChI is InChI=1S/C33H39N7O3.C32H36FN7O2.C32H40N6O3.2H2S/c1-5-31(41)40-17-16-39(20-25(40)19-34-2)32-27-13-15-38(30-10-6-8-23-11-12-26(42-4)18-28(23)30)21-29(27)35-33(36-32)43-22-24-9-7-14-37(24)3;1-4-30(41)40-17-16-39(19-23(40)18-34-2)31-26-13-15-38(29-12-6-9-24-25(29)10-5-11-27(24)33)20-28(26)35-32(36-31)42-21-22-8-7-14-37(22)3;1-4-30(39)38-18-17-37(19-25(38)21-40-3)31-27-14-16-36(29-13-7-10-23-9-5-6-12-26(23)29)20-28(27)33-32(34-31)41-22-24-11-8-15-35(24)2;;/h5-6,8,10-12,18,24-25H,1,7,9,13-17,19-22H2,3-4H3;4-6,9-12,22-23H,1,7-8,13-21H2,3H3;4-7,9-10,12-13,24-25H,1,8,11,14-22H2,2-3H3;2*1H2/t24-,25?;22-,23?;24-,25?;;/m000../s1. The molecule has 0 aliphatic carbocycles. The fourth-order valence-corrected chi connectivity index (χ4v) is 19.7. The van der Waals surface area contributed by atoms with Crippen molar-refractivity contribution in [1.82, 2.24) is 59.3 Å². The smallest absolute Gasteiger partial charge is 0.318 e. The maximum Gasteiger partial charge on any atom is 0.318 e. The van der Waals surface area contributed by atoms with Crippen molar-refractivity contribution in [3.63, 3.8) is 0 Å². The van der Waals surface area contributed by atoms with Gasteiger partial charge in [0.05, 0.1) is 56.5 Å². The molecule has 6 aromatic carbocycles. The van der Waals surface area contributed by atoms with Crippen LogP contribution in [0.5, 0.6) is 23.8 Å². The summed E-state index contributed by atoms with van der Waals surface area (Å²) in [6.07, 6.45) is 13.2. The summed E-state index contributed by atoms with van der Waals surface area (Å²) >= 11 is 0. The lowest BCUT2D eigenvalue weighted by molar-refractivity contribution is -0.130. The number of hydrogen-bond acceptors (Lipinski definition) is 23. The molecule has 12 heterocycles. The molecule has 128 heavy (non-hydrogen) atoms. The molecule has 3 unspecified atom stereocenters. The molecule has 9 aliphatic rings. The van der Waals surface area contributed by atoms with Crippen molar-refractivity contribution in [2.75, 3.05) is 202 Å². The van der Waals surface area contributed by atoms with Gasteiger partial charge in [-0.05, 0) is 164 Å². The van der Waals surface area contributed by atoms with Crippen LogP contribution in [0, 0.1) is 19.0 Å². The van der Waals surface area contributed by atoms with E-state index in [1.54, 1.807) is 30.1 Å². The monoisotopic (exact) mass is 1770 g/mol. The number of piperazine rings is 3. The third-order valence-corrected chi connectivity index (χ3v) is 26.7. The number of aromatic nitrogens is 6. The molecule has 674 valence electrons. The highest BCUT2D eigenvalue weighted by molar-refractivity contribution is 7.59. The summed E-state index contributed by atoms with van der Waals surface area (Å²) in [4.78, 5) is 101. The van der Waals surface area contributed by atoms with E-state index in [1.165, 1.54) is 59.2 Å². The predicted octanol–water partition coefficient (Wildman–Crippen LogP) is 11.5. The summed E-state index contributed by atoms with van der Waals surface area (Å²) < 4.78 is 44.5. The van der Waals surface area contributed by atoms with E-state index in [-0.39, 0.29) is 81.7 Å². The Morgan fingerprint density at radius 2 is 0.797 bits per heavy atom. The number of amides is 3. The van der Waals surface area contributed by atoms with E-state index < -0.39 is 0 Å². The van der Waals surface area contributed by atoms with Crippen LogP contribution in [-0.2, 0) is 58.0 Å². The van der Waals surface area contributed by atoms with Gasteiger partial charge in [0.2, 0.25) is 30.8 Å². The minimum absolute atomic E-state index is 0. The molecule has 9 aromatic rings. The number of halogens is 1. The molecule has 0 N–H and O–H groups in total. The first-order chi connectivity index (χ1) is 61.5. The number of anilines is 6. The lowest BCUT2D eigenvalue weighted by Gasteiger charge is -2.42. The van der Waals surface area contributed by atoms with Gasteiger partial charge < -0.3 is 92.2 Å². The van der Waals surface area contributed by atoms with Crippen molar-refractivity contribution >= 4 is 112 Å². The number of methoxy groups -OCH3 is 2. The first-order valence-electron chi connectivity index (χ1n) is 44.3. The normalized spacial score (nSPS) is 20.5. The summed E-state index contributed by atoms with van der Waals surface area (Å²) in [5.74, 6) is 2.86. The largest absolute Gasteiger partial charge is 0.497 e. The summed E-state index contributed by atoms with van der Waals surface area (Å²) in [6, 6.07) is 40.2. The third-order valence-electron chi connectivity index (χ3n) is 26.7. The Morgan fingerprint density at radius 1 is 0.422 bits per heavy atom. The number of hydrogen-bond donors (Lipinski definition) is 0. The van der Waals surface area contributed by atoms with E-state index in [4.69, 9.17) is 66.7 Å². The second-order valence-electron chi connectivity index (χ2n) is 34.2. The van der Waals surface area contributed by atoms with Gasteiger partial charge in [-0.2, -0.15) is 56.9 Å². The minimum Gasteiger partial charge on any atom is -0.497 e. The van der Waals surface area contributed by atoms with Gasteiger partial charge in [0.25, 0.3) is 0 Å². The van der Waals surface area contributed by atoms with Gasteiger partial charge in [-0.1, -0.05) is 98.6 Å². The Bertz CT molecular complexity index is 5580. The molecule has 6 fully saturated rings. The lowest BCUT2D eigenvalue weighted by Crippen LogP contribution is -2.57. The van der Waals surface area contributed by atoms with Crippen LogP contribution in [0.3, 0.4) is 0 Å². The molecule has 3 aromatic heterocycles. The van der Waals surface area contributed by atoms with Crippen LogP contribution in [0.1, 0.15) is 72.3 Å². The molecule has 0 radical (unpaired) electrons. The van der Waals surface area contributed by atoms with Gasteiger partial charge in [-0.3, -0.25) is 14.4 Å². The molecule has 0 bridgehead atoms. The Labute approximate surface area is 764 Å². The number of nitrogens with zero attached hydrogens (tertiary/aromatic N) is 20. The number of benzene rings is 6. The van der Waals surface area contributed by atoms with E-state index in [9.17, 15) is 18.8 Å². The molecule has 6 atom stereocenters. The van der Waals surface area contributed by atoms with Gasteiger partial charge >= 0.3 is 18.0 Å². The molecule has 0 spiro atoms. The van der Waals surface area contributed by atoms with E-state index in [2.05, 4.69) is 167 Å². The highest BCUT2D eigenvalue weighted by Crippen LogP contribution is 2.41. The van der Waals surface area contributed by atoms with Crippen LogP contribution in [0.2, 0.25) is 0 Å². The second-order valence-corrected chi connectivity index (χ2v) is 34.2. The zero-order chi connectivity index (χ0) is 87.5. The molecular weight excluding hydrogens is 1660 g/mol. The van der Waals surface area contributed by atoms with Crippen molar-refractivity contribution in [3.05, 3.63) is 216 Å². The fraction of sp³-hybridized carbons (Fsp3) is 0.454. The first-order valence-corrected chi connectivity index (χ1v) is 44.3. The lowest BCUT2D eigenvalue weighted by atomic mass is 10.0. The number of likely N-dealkylation sites (N-methyl/N-ethyl adjacent to an activating group) is 3. The van der Waals surface area contributed by atoms with Crippen LogP contribution in [0.15, 0.2) is 153 Å². The molecule has 6 saturated heterocycles. The molecular formula is C97H119FN20O8S2. The fourth-order valence-electron chi connectivity index (χ4n) is 19.7. The first kappa shape index (κ1) is 92.6. The van der Waals surface area contributed by atoms with E-state index in [0.717, 1.165) is 157 Å². The SMILES string of the molecule is C=CC(=O)N1CCN(c2nc(OC[C@@H]3CCCN3C)nc3c2CCN(c2cccc4ccccc24)C3)CC1COC.S.S.[C-]#[N+]CC1CN(c2nc(OC[C@@H]3CCCN3C)nc3c2CCN(c2cccc4c(F)cccc24)C3)CCN1C(=O)C=C.[C-]#[N+]CC1CN(c2nc(OC[C@@H]3CCCN3C)nc3c2CCN(c2cccc4ccc(OC)cc24)C3)CCN1C(=O)C=C. The topological polar surface area (TPSA) is 222 Å². The zero-order valence-electron chi connectivity index (χ0n) is 74.2. The van der Waals surface area contributed by atoms with E-state index in [0.29, 0.717) is 153 Å². The van der Waals surface area contributed by atoms with Gasteiger partial charge in [-0.15, -0.1) is 0 Å². The predicted molar refractivity (Wildman–Crippen MR) is 511 cm³/mol. The Hall–Kier alpha value is -11.6. The van der Waals surface area contributed by atoms with Crippen LogP contribution in [-0.4, -0.2) is 286 Å².